The molecule has 0 fully saturated rings. The minimum Gasteiger partial charge on any atom is -0.298 e. The summed E-state index contributed by atoms with van der Waals surface area (Å²) >= 11 is 0. The molecule has 0 bridgehead atoms. The zero-order valence-corrected chi connectivity index (χ0v) is 8.06. The van der Waals surface area contributed by atoms with E-state index in [1.807, 2.05) is 0 Å². The largest absolute Gasteiger partial charge is 0.360 e. The Balaban J connectivity index is 2.63. The Hall–Kier alpha value is -1.17. The Labute approximate surface area is 85.6 Å². The zero-order valence-electron chi connectivity index (χ0n) is 7.25. The SMILES string of the molecule is O=Cc1ccc2c(c1)C(F)C(F)(F)S2=O. The van der Waals surface area contributed by atoms with E-state index in [0.717, 1.165) is 12.1 Å². The van der Waals surface area contributed by atoms with Gasteiger partial charge in [0, 0.05) is 11.1 Å². The molecular weight excluding hydrogens is 229 g/mol. The second-order valence-electron chi connectivity index (χ2n) is 3.11. The van der Waals surface area contributed by atoms with E-state index in [9.17, 15) is 22.2 Å². The van der Waals surface area contributed by atoms with Gasteiger partial charge in [-0.3, -0.25) is 4.79 Å². The van der Waals surface area contributed by atoms with E-state index in [-0.39, 0.29) is 16.0 Å². The molecule has 0 saturated heterocycles. The van der Waals surface area contributed by atoms with Gasteiger partial charge < -0.3 is 0 Å². The van der Waals surface area contributed by atoms with Gasteiger partial charge in [-0.05, 0) is 12.1 Å². The molecule has 2 atom stereocenters. The van der Waals surface area contributed by atoms with Gasteiger partial charge >= 0.3 is 5.25 Å². The summed E-state index contributed by atoms with van der Waals surface area (Å²) in [6.07, 6.45) is -2.18. The van der Waals surface area contributed by atoms with Gasteiger partial charge in [-0.15, -0.1) is 0 Å². The van der Waals surface area contributed by atoms with Crippen LogP contribution in [0.4, 0.5) is 13.2 Å². The molecule has 0 saturated carbocycles. The number of halogens is 3. The van der Waals surface area contributed by atoms with E-state index in [0.29, 0.717) is 6.29 Å². The predicted molar refractivity (Wildman–Crippen MR) is 47.0 cm³/mol. The van der Waals surface area contributed by atoms with E-state index >= 15 is 0 Å². The number of fused-ring (bicyclic) bond motifs is 1. The van der Waals surface area contributed by atoms with E-state index in [4.69, 9.17) is 0 Å². The summed E-state index contributed by atoms with van der Waals surface area (Å²) < 4.78 is 50.4. The second-order valence-corrected chi connectivity index (χ2v) is 4.63. The smallest absolute Gasteiger partial charge is 0.298 e. The summed E-state index contributed by atoms with van der Waals surface area (Å²) in [6.45, 7) is 0. The standard InChI is InChI=1S/C9H5F3O2S/c10-8-6-3-5(4-13)1-2-7(6)15(14)9(8,11)12/h1-4,8H. The maximum absolute atomic E-state index is 13.2. The van der Waals surface area contributed by atoms with Crippen LogP contribution in [-0.4, -0.2) is 15.7 Å². The third-order valence-corrected chi connectivity index (χ3v) is 3.66. The monoisotopic (exact) mass is 234 g/mol. The van der Waals surface area contributed by atoms with Crippen LogP contribution in [0.3, 0.4) is 0 Å². The van der Waals surface area contributed by atoms with Crippen LogP contribution in [0.1, 0.15) is 22.1 Å². The molecule has 1 aliphatic rings. The molecule has 1 heterocycles. The molecule has 1 aliphatic heterocycles. The molecule has 0 amide bonds. The minimum absolute atomic E-state index is 0.0890. The summed E-state index contributed by atoms with van der Waals surface area (Å²) in [4.78, 5) is 10.1. The Morgan fingerprint density at radius 2 is 2.07 bits per heavy atom. The Kier molecular flexibility index (Phi) is 2.18. The van der Waals surface area contributed by atoms with E-state index in [2.05, 4.69) is 0 Å². The molecule has 1 aromatic carbocycles. The number of hydrogen-bond donors (Lipinski definition) is 0. The first-order valence-corrected chi connectivity index (χ1v) is 5.16. The fourth-order valence-corrected chi connectivity index (χ4v) is 2.60. The third kappa shape index (κ3) is 1.31. The number of carbonyl (C=O) groups is 1. The lowest BCUT2D eigenvalue weighted by molar-refractivity contribution is 0.0143. The van der Waals surface area contributed by atoms with Crippen molar-refractivity contribution in [2.75, 3.05) is 0 Å². The average Bonchev–Trinajstić information content (AvgIpc) is 2.40. The molecule has 0 aromatic heterocycles. The summed E-state index contributed by atoms with van der Waals surface area (Å²) in [5.74, 6) is 0. The highest BCUT2D eigenvalue weighted by Gasteiger charge is 2.55. The Bertz CT molecular complexity index is 459. The van der Waals surface area contributed by atoms with Gasteiger partial charge in [0.25, 0.3) is 0 Å². The molecule has 0 N–H and O–H groups in total. The van der Waals surface area contributed by atoms with Crippen LogP contribution in [0, 0.1) is 0 Å². The molecular formula is C9H5F3O2S. The number of aldehydes is 1. The van der Waals surface area contributed by atoms with E-state index in [1.165, 1.54) is 6.07 Å². The molecule has 1 aromatic rings. The molecule has 0 aliphatic carbocycles. The van der Waals surface area contributed by atoms with Crippen LogP contribution in [-0.2, 0) is 10.8 Å². The van der Waals surface area contributed by atoms with Gasteiger partial charge in [-0.25, -0.2) is 8.60 Å². The lowest BCUT2D eigenvalue weighted by atomic mass is 10.1. The van der Waals surface area contributed by atoms with Crippen LogP contribution in [0.15, 0.2) is 23.1 Å². The number of alkyl halides is 3. The molecule has 6 heteroatoms. The van der Waals surface area contributed by atoms with Gasteiger partial charge in [0.05, 0.1) is 4.90 Å². The minimum atomic E-state index is -3.90. The molecule has 2 nitrogen and oxygen atoms in total. The van der Waals surface area contributed by atoms with E-state index < -0.39 is 22.2 Å². The highest BCUT2D eigenvalue weighted by Crippen LogP contribution is 2.48. The third-order valence-electron chi connectivity index (χ3n) is 2.18. The maximum atomic E-state index is 13.2. The first-order chi connectivity index (χ1) is 6.98. The first-order valence-electron chi connectivity index (χ1n) is 4.01. The van der Waals surface area contributed by atoms with Crippen molar-refractivity contribution in [2.24, 2.45) is 0 Å². The predicted octanol–water partition coefficient (Wildman–Crippen LogP) is 2.22. The van der Waals surface area contributed by atoms with Crippen LogP contribution in [0.5, 0.6) is 0 Å². The summed E-state index contributed by atoms with van der Waals surface area (Å²) in [5.41, 5.74) is -0.269. The van der Waals surface area contributed by atoms with Crippen LogP contribution >= 0.6 is 0 Å². The normalized spacial score (nSPS) is 27.4. The molecule has 80 valence electrons. The van der Waals surface area contributed by atoms with Crippen molar-refractivity contribution in [2.45, 2.75) is 16.3 Å². The van der Waals surface area contributed by atoms with Crippen molar-refractivity contribution < 1.29 is 22.2 Å². The fourth-order valence-electron chi connectivity index (χ4n) is 1.43. The van der Waals surface area contributed by atoms with Crippen molar-refractivity contribution >= 4 is 17.1 Å². The van der Waals surface area contributed by atoms with Crippen LogP contribution in [0.25, 0.3) is 0 Å². The second kappa shape index (κ2) is 3.16. The zero-order chi connectivity index (χ0) is 11.2. The van der Waals surface area contributed by atoms with E-state index in [1.54, 1.807) is 0 Å². The van der Waals surface area contributed by atoms with Crippen LogP contribution < -0.4 is 0 Å². The van der Waals surface area contributed by atoms with Gasteiger partial charge in [0.15, 0.2) is 0 Å². The Morgan fingerprint density at radius 3 is 2.67 bits per heavy atom. The number of carbonyl (C=O) groups excluding carboxylic acids is 1. The number of hydrogen-bond acceptors (Lipinski definition) is 2. The molecule has 0 radical (unpaired) electrons. The first kappa shape index (κ1) is 10.4. The van der Waals surface area contributed by atoms with Crippen molar-refractivity contribution in [3.8, 4) is 0 Å². The van der Waals surface area contributed by atoms with Gasteiger partial charge in [0.1, 0.15) is 17.1 Å². The summed E-state index contributed by atoms with van der Waals surface area (Å²) in [7, 11) is -2.67. The highest BCUT2D eigenvalue weighted by molar-refractivity contribution is 7.86. The molecule has 2 unspecified atom stereocenters. The summed E-state index contributed by atoms with van der Waals surface area (Å²) in [6, 6.07) is 3.34. The van der Waals surface area contributed by atoms with Crippen molar-refractivity contribution in [3.05, 3.63) is 29.3 Å². The number of benzene rings is 1. The lowest BCUT2D eigenvalue weighted by Gasteiger charge is -2.09. The van der Waals surface area contributed by atoms with Gasteiger partial charge in [0.2, 0.25) is 6.17 Å². The quantitative estimate of drug-likeness (QED) is 0.698. The molecule has 15 heavy (non-hydrogen) atoms. The van der Waals surface area contributed by atoms with Crippen molar-refractivity contribution in [1.29, 1.82) is 0 Å². The Morgan fingerprint density at radius 1 is 1.40 bits per heavy atom. The topological polar surface area (TPSA) is 34.1 Å². The average molecular weight is 234 g/mol. The maximum Gasteiger partial charge on any atom is 0.360 e. The van der Waals surface area contributed by atoms with Crippen molar-refractivity contribution in [3.63, 3.8) is 0 Å². The summed E-state index contributed by atoms with van der Waals surface area (Å²) in [5, 5.41) is -3.90. The highest BCUT2D eigenvalue weighted by atomic mass is 32.2. The fraction of sp³-hybridized carbons (Fsp3) is 0.222. The molecule has 0 spiro atoms. The van der Waals surface area contributed by atoms with Gasteiger partial charge in [-0.2, -0.15) is 8.78 Å². The van der Waals surface area contributed by atoms with Crippen molar-refractivity contribution in [1.82, 2.24) is 0 Å². The number of rotatable bonds is 1. The lowest BCUT2D eigenvalue weighted by Crippen LogP contribution is -2.21. The van der Waals surface area contributed by atoms with Gasteiger partial charge in [-0.1, -0.05) is 6.07 Å². The van der Waals surface area contributed by atoms with Crippen LogP contribution in [0.2, 0.25) is 0 Å². The molecule has 2 rings (SSSR count).